The first-order chi connectivity index (χ1) is 13.2. The predicted molar refractivity (Wildman–Crippen MR) is 109 cm³/mol. The fourth-order valence-electron chi connectivity index (χ4n) is 2.94. The fraction of sp³-hybridized carbons (Fsp3) is 0.526. The normalized spacial score (nSPS) is 14.3. The summed E-state index contributed by atoms with van der Waals surface area (Å²) in [6, 6.07) is 7.53. The molecule has 0 spiro atoms. The van der Waals surface area contributed by atoms with Gasteiger partial charge in [0.15, 0.2) is 0 Å². The van der Waals surface area contributed by atoms with E-state index in [0.717, 1.165) is 44.0 Å². The predicted octanol–water partition coefficient (Wildman–Crippen LogP) is 1.51. The van der Waals surface area contributed by atoms with Crippen LogP contribution in [0.4, 0.5) is 0 Å². The second kappa shape index (κ2) is 11.6. The molecular weight excluding hydrogens is 382 g/mol. The zero-order valence-corrected chi connectivity index (χ0v) is 17.0. The lowest BCUT2D eigenvalue weighted by Gasteiger charge is -2.27. The Morgan fingerprint density at radius 3 is 2.75 bits per heavy atom. The molecule has 0 aliphatic carbocycles. The van der Waals surface area contributed by atoms with Crippen LogP contribution in [0.2, 0.25) is 0 Å². The smallest absolute Gasteiger partial charge is 0.227 e. The van der Waals surface area contributed by atoms with Crippen LogP contribution in [0.15, 0.2) is 28.8 Å². The van der Waals surface area contributed by atoms with Crippen molar-refractivity contribution in [1.29, 1.82) is 0 Å². The van der Waals surface area contributed by atoms with E-state index in [9.17, 15) is 4.79 Å². The van der Waals surface area contributed by atoms with Crippen LogP contribution < -0.4 is 15.4 Å². The molecular formula is C19H28ClN5O3. The zero-order chi connectivity index (χ0) is 18.9. The Bertz CT molecular complexity index is 717. The highest BCUT2D eigenvalue weighted by atomic mass is 35.5. The van der Waals surface area contributed by atoms with Crippen molar-refractivity contribution in [2.24, 2.45) is 0 Å². The third kappa shape index (κ3) is 6.78. The van der Waals surface area contributed by atoms with Gasteiger partial charge in [0.05, 0.1) is 6.61 Å². The Balaban J connectivity index is 0.00000280. The number of carbonyl (C=O) groups is 1. The Kier molecular flexibility index (Phi) is 9.19. The third-order valence-corrected chi connectivity index (χ3v) is 4.42. The molecule has 1 aromatic carbocycles. The minimum Gasteiger partial charge on any atom is -0.494 e. The maximum absolute atomic E-state index is 12.0. The highest BCUT2D eigenvalue weighted by molar-refractivity contribution is 5.85. The molecule has 2 N–H and O–H groups in total. The molecule has 0 saturated carbocycles. The monoisotopic (exact) mass is 409 g/mol. The molecule has 8 nitrogen and oxygen atoms in total. The number of nitrogens with zero attached hydrogens (tertiary/aromatic N) is 3. The lowest BCUT2D eigenvalue weighted by molar-refractivity contribution is -0.121. The Hall–Kier alpha value is -2.16. The van der Waals surface area contributed by atoms with Gasteiger partial charge in [-0.3, -0.25) is 9.69 Å². The second-order valence-corrected chi connectivity index (χ2v) is 6.41. The van der Waals surface area contributed by atoms with Gasteiger partial charge >= 0.3 is 0 Å². The number of hydrogen-bond acceptors (Lipinski definition) is 7. The van der Waals surface area contributed by atoms with Crippen LogP contribution in [0.1, 0.15) is 19.2 Å². The van der Waals surface area contributed by atoms with Crippen molar-refractivity contribution in [3.63, 3.8) is 0 Å². The maximum Gasteiger partial charge on any atom is 0.227 e. The fourth-order valence-corrected chi connectivity index (χ4v) is 2.94. The minimum atomic E-state index is 0. The summed E-state index contributed by atoms with van der Waals surface area (Å²) in [5.41, 5.74) is 0.855. The van der Waals surface area contributed by atoms with Gasteiger partial charge in [0.25, 0.3) is 0 Å². The molecule has 0 atom stereocenters. The van der Waals surface area contributed by atoms with Gasteiger partial charge in [0.1, 0.15) is 5.75 Å². The lowest BCUT2D eigenvalue weighted by atomic mass is 10.2. The van der Waals surface area contributed by atoms with Crippen LogP contribution in [-0.4, -0.2) is 66.8 Å². The van der Waals surface area contributed by atoms with Crippen molar-refractivity contribution >= 4 is 18.3 Å². The molecule has 0 bridgehead atoms. The van der Waals surface area contributed by atoms with E-state index in [4.69, 9.17) is 9.26 Å². The maximum atomic E-state index is 12.0. The van der Waals surface area contributed by atoms with Crippen LogP contribution in [0.3, 0.4) is 0 Å². The summed E-state index contributed by atoms with van der Waals surface area (Å²) in [5.74, 6) is 1.80. The van der Waals surface area contributed by atoms with Gasteiger partial charge in [-0.1, -0.05) is 5.16 Å². The number of benzene rings is 1. The average Bonchev–Trinajstić information content (AvgIpc) is 3.17. The molecule has 154 valence electrons. The summed E-state index contributed by atoms with van der Waals surface area (Å²) in [5, 5.41) is 10.3. The molecule has 0 radical (unpaired) electrons. The molecule has 28 heavy (non-hydrogen) atoms. The van der Waals surface area contributed by atoms with E-state index in [1.807, 2.05) is 31.2 Å². The molecule has 9 heteroatoms. The largest absolute Gasteiger partial charge is 0.494 e. The summed E-state index contributed by atoms with van der Waals surface area (Å²) < 4.78 is 10.7. The number of aryl methyl sites for hydroxylation is 1. The summed E-state index contributed by atoms with van der Waals surface area (Å²) >= 11 is 0. The van der Waals surface area contributed by atoms with Gasteiger partial charge in [-0.05, 0) is 31.2 Å². The number of hydrogen-bond donors (Lipinski definition) is 2. The van der Waals surface area contributed by atoms with Crippen molar-refractivity contribution in [2.45, 2.75) is 19.8 Å². The second-order valence-electron chi connectivity index (χ2n) is 6.41. The summed E-state index contributed by atoms with van der Waals surface area (Å²) in [7, 11) is 0. The quantitative estimate of drug-likeness (QED) is 0.648. The standard InChI is InChI=1S/C19H27N5O3.ClH/c1-2-26-16-5-3-15(4-6-16)19-22-18(27-23-19)8-7-17(25)21-11-14-24-12-9-20-10-13-24;/h3-6,20H,2,7-14H2,1H3,(H,21,25);1H. The number of nitrogens with one attached hydrogen (secondary N) is 2. The van der Waals surface area contributed by atoms with Crippen molar-refractivity contribution in [3.8, 4) is 17.1 Å². The van der Waals surface area contributed by atoms with Crippen LogP contribution in [-0.2, 0) is 11.2 Å². The number of rotatable bonds is 9. The van der Waals surface area contributed by atoms with E-state index >= 15 is 0 Å². The molecule has 1 aromatic heterocycles. The zero-order valence-electron chi connectivity index (χ0n) is 16.1. The van der Waals surface area contributed by atoms with E-state index in [2.05, 4.69) is 25.7 Å². The average molecular weight is 410 g/mol. The first-order valence-corrected chi connectivity index (χ1v) is 9.50. The topological polar surface area (TPSA) is 92.5 Å². The molecule has 2 aromatic rings. The Morgan fingerprint density at radius 2 is 2.04 bits per heavy atom. The van der Waals surface area contributed by atoms with Crippen molar-refractivity contribution in [3.05, 3.63) is 30.2 Å². The molecule has 2 heterocycles. The van der Waals surface area contributed by atoms with Crippen LogP contribution in [0, 0.1) is 0 Å². The van der Waals surface area contributed by atoms with Crippen LogP contribution in [0.25, 0.3) is 11.4 Å². The van der Waals surface area contributed by atoms with Gasteiger partial charge in [0.2, 0.25) is 17.6 Å². The van der Waals surface area contributed by atoms with Gasteiger partial charge in [-0.25, -0.2) is 0 Å². The minimum absolute atomic E-state index is 0. The van der Waals surface area contributed by atoms with Gasteiger partial charge in [-0.2, -0.15) is 4.98 Å². The lowest BCUT2D eigenvalue weighted by Crippen LogP contribution is -2.46. The van der Waals surface area contributed by atoms with Crippen molar-refractivity contribution < 1.29 is 14.1 Å². The summed E-state index contributed by atoms with van der Waals surface area (Å²) in [6.07, 6.45) is 0.774. The third-order valence-electron chi connectivity index (χ3n) is 4.42. The molecule has 1 saturated heterocycles. The van der Waals surface area contributed by atoms with Gasteiger partial charge in [-0.15, -0.1) is 12.4 Å². The number of amides is 1. The molecule has 1 amide bonds. The number of carbonyl (C=O) groups excluding carboxylic acids is 1. The van der Waals surface area contributed by atoms with Crippen molar-refractivity contribution in [2.75, 3.05) is 45.9 Å². The molecule has 1 aliphatic heterocycles. The number of piperazine rings is 1. The first-order valence-electron chi connectivity index (χ1n) is 9.50. The molecule has 0 unspecified atom stereocenters. The van der Waals surface area contributed by atoms with Crippen LogP contribution in [0.5, 0.6) is 5.75 Å². The number of ether oxygens (including phenoxy) is 1. The number of halogens is 1. The van der Waals surface area contributed by atoms with Crippen molar-refractivity contribution in [1.82, 2.24) is 25.7 Å². The molecule has 3 rings (SSSR count). The molecule has 1 fully saturated rings. The highest BCUT2D eigenvalue weighted by Gasteiger charge is 2.12. The summed E-state index contributed by atoms with van der Waals surface area (Å²) in [6.45, 7) is 8.22. The van der Waals surface area contributed by atoms with Crippen LogP contribution >= 0.6 is 12.4 Å². The van der Waals surface area contributed by atoms with E-state index in [1.165, 1.54) is 0 Å². The Morgan fingerprint density at radius 1 is 1.29 bits per heavy atom. The summed E-state index contributed by atoms with van der Waals surface area (Å²) in [4.78, 5) is 18.7. The van der Waals surface area contributed by atoms with Gasteiger partial charge < -0.3 is 19.9 Å². The number of aromatic nitrogens is 2. The first kappa shape index (κ1) is 22.1. The van der Waals surface area contributed by atoms with Gasteiger partial charge in [0, 0.05) is 57.7 Å². The van der Waals surface area contributed by atoms with E-state index < -0.39 is 0 Å². The van der Waals surface area contributed by atoms with E-state index in [1.54, 1.807) is 0 Å². The SMILES string of the molecule is CCOc1ccc(-c2noc(CCC(=O)NCCN3CCNCC3)n2)cc1.Cl. The van der Waals surface area contributed by atoms with E-state index in [0.29, 0.717) is 37.7 Å². The van der Waals surface area contributed by atoms with E-state index in [-0.39, 0.29) is 18.3 Å². The highest BCUT2D eigenvalue weighted by Crippen LogP contribution is 2.20. The molecule has 1 aliphatic rings. The Labute approximate surface area is 171 Å².